The molecule has 266 valence electrons. The maximum atomic E-state index is 14.3. The minimum atomic E-state index is -1.53. The number of cyclic esters (lactones) is 1. The van der Waals surface area contributed by atoms with Crippen LogP contribution in [0.15, 0.2) is 24.5 Å². The summed E-state index contributed by atoms with van der Waals surface area (Å²) in [6, 6.07) is 3.22. The number of hydrogen-bond acceptors (Lipinski definition) is 11. The summed E-state index contributed by atoms with van der Waals surface area (Å²) >= 11 is 0. The molecule has 2 saturated heterocycles. The fourth-order valence-electron chi connectivity index (χ4n) is 7.04. The molecule has 1 N–H and O–H groups in total. The summed E-state index contributed by atoms with van der Waals surface area (Å²) in [5.41, 5.74) is -2.05. The van der Waals surface area contributed by atoms with Gasteiger partial charge in [0, 0.05) is 44.6 Å². The number of rotatable bonds is 5. The highest BCUT2D eigenvalue weighted by Gasteiger charge is 2.51. The van der Waals surface area contributed by atoms with Crippen LogP contribution in [-0.4, -0.2) is 140 Å². The maximum Gasteiger partial charge on any atom is 0.319 e. The van der Waals surface area contributed by atoms with Crippen molar-refractivity contribution in [3.63, 3.8) is 0 Å². The lowest BCUT2D eigenvalue weighted by molar-refractivity contribution is -0.295. The van der Waals surface area contributed by atoms with Gasteiger partial charge < -0.3 is 38.8 Å². The molecule has 0 bridgehead atoms. The third kappa shape index (κ3) is 9.79. The minimum Gasteiger partial charge on any atom is -0.463 e. The summed E-state index contributed by atoms with van der Waals surface area (Å²) in [6.45, 7) is 12.9. The van der Waals surface area contributed by atoms with Crippen LogP contribution in [0.2, 0.25) is 0 Å². The van der Waals surface area contributed by atoms with Gasteiger partial charge in [0.1, 0.15) is 18.1 Å². The van der Waals surface area contributed by atoms with Crippen LogP contribution in [0.1, 0.15) is 71.2 Å². The number of likely N-dealkylation sites (N-methyl/N-ethyl adjacent to an activating group) is 1. The number of amides is 1. The second-order valence-corrected chi connectivity index (χ2v) is 14.5. The van der Waals surface area contributed by atoms with Gasteiger partial charge in [-0.1, -0.05) is 13.8 Å². The molecule has 2 fully saturated rings. The Balaban J connectivity index is 1.95. The first kappa shape index (κ1) is 39.0. The number of carbonyl (C=O) groups is 3. The fraction of sp³-hybridized carbons (Fsp3) is 0.771. The van der Waals surface area contributed by atoms with E-state index < -0.39 is 41.4 Å². The van der Waals surface area contributed by atoms with Gasteiger partial charge in [0.25, 0.3) is 5.91 Å². The molecule has 1 aromatic rings. The summed E-state index contributed by atoms with van der Waals surface area (Å²) in [5, 5.41) is 11.3. The van der Waals surface area contributed by atoms with Crippen molar-refractivity contribution in [2.75, 3.05) is 61.0 Å². The van der Waals surface area contributed by atoms with E-state index in [0.717, 1.165) is 13.1 Å². The molecular weight excluding hydrogens is 604 g/mol. The molecule has 1 amide bonds. The van der Waals surface area contributed by atoms with E-state index in [2.05, 4.69) is 16.8 Å². The number of ether oxygens (including phenoxy) is 4. The van der Waals surface area contributed by atoms with Crippen LogP contribution < -0.4 is 0 Å². The van der Waals surface area contributed by atoms with Crippen molar-refractivity contribution in [1.29, 1.82) is 0 Å². The van der Waals surface area contributed by atoms with Gasteiger partial charge in [0.15, 0.2) is 12.1 Å². The molecule has 47 heavy (non-hydrogen) atoms. The van der Waals surface area contributed by atoms with E-state index in [4.69, 9.17) is 18.9 Å². The summed E-state index contributed by atoms with van der Waals surface area (Å²) in [5.74, 6) is -1.98. The predicted molar refractivity (Wildman–Crippen MR) is 178 cm³/mol. The van der Waals surface area contributed by atoms with Gasteiger partial charge in [0.2, 0.25) is 0 Å². The topological polar surface area (TPSA) is 131 Å². The molecule has 0 spiro atoms. The van der Waals surface area contributed by atoms with Gasteiger partial charge >= 0.3 is 5.97 Å². The number of methoxy groups -OCH3 is 1. The van der Waals surface area contributed by atoms with Gasteiger partial charge in [-0.15, -0.1) is 0 Å². The van der Waals surface area contributed by atoms with E-state index in [1.54, 1.807) is 51.1 Å². The first-order valence-corrected chi connectivity index (χ1v) is 16.8. The Morgan fingerprint density at radius 3 is 2.45 bits per heavy atom. The molecule has 0 radical (unpaired) electrons. The van der Waals surface area contributed by atoms with Crippen molar-refractivity contribution >= 4 is 17.7 Å². The SMILES string of the molecule is CO[C@]1(C)C[C@@H](C)CN(C)CCCN(C(=O)c2cccnc2)CCOC(=O)C(C)(C)C(=O)[C@H](C)[C@H]1O[C@@H]1O[C@H](C)C[C@H](N(C)C)[C@H]1O. The van der Waals surface area contributed by atoms with E-state index >= 15 is 0 Å². The number of nitrogens with zero attached hydrogens (tertiary/aromatic N) is 4. The molecule has 1 aromatic heterocycles. The van der Waals surface area contributed by atoms with Gasteiger partial charge in [-0.25, -0.2) is 0 Å². The normalized spacial score (nSPS) is 34.1. The number of Topliss-reactive ketones (excluding diaryl/α,β-unsaturated/α-hetero) is 1. The lowest BCUT2D eigenvalue weighted by atomic mass is 9.74. The summed E-state index contributed by atoms with van der Waals surface area (Å²) in [6.07, 6.45) is 1.98. The van der Waals surface area contributed by atoms with Crippen molar-refractivity contribution in [2.45, 2.75) is 97.0 Å². The number of aromatic nitrogens is 1. The second-order valence-electron chi connectivity index (χ2n) is 14.5. The van der Waals surface area contributed by atoms with Crippen LogP contribution in [0.3, 0.4) is 0 Å². The Labute approximate surface area is 281 Å². The fourth-order valence-corrected chi connectivity index (χ4v) is 7.04. The smallest absolute Gasteiger partial charge is 0.319 e. The highest BCUT2D eigenvalue weighted by Crippen LogP contribution is 2.38. The van der Waals surface area contributed by atoms with Crippen molar-refractivity contribution < 1.29 is 38.4 Å². The first-order valence-electron chi connectivity index (χ1n) is 16.8. The highest BCUT2D eigenvalue weighted by atomic mass is 16.7. The second kappa shape index (κ2) is 16.8. The van der Waals surface area contributed by atoms with Crippen LogP contribution in [0.4, 0.5) is 0 Å². The number of aliphatic hydroxyl groups is 1. The molecule has 12 nitrogen and oxygen atoms in total. The van der Waals surface area contributed by atoms with Crippen molar-refractivity contribution in [1.82, 2.24) is 19.7 Å². The Hall–Kier alpha value is -2.48. The standard InChI is InChI=1S/C35H58N4O8/c1-23-20-35(6,44-10)30(47-32-28(40)27(37(7)8)19-24(2)46-32)25(3)29(41)34(4,5)33(43)45-18-17-39(16-12-15-38(9)22-23)31(42)26-13-11-14-36-21-26/h11,13-14,21,23-25,27-28,30,32,40H,12,15-20,22H2,1-10H3/t23-,24-,25+,27+,28-,30-,32+,35-/m1/s1. The number of aliphatic hydroxyl groups excluding tert-OH is 1. The quantitative estimate of drug-likeness (QED) is 0.369. The average Bonchev–Trinajstić information content (AvgIpc) is 3.02. The minimum absolute atomic E-state index is 0.0650. The van der Waals surface area contributed by atoms with Crippen LogP contribution in [0, 0.1) is 17.3 Å². The van der Waals surface area contributed by atoms with Gasteiger partial charge in [-0.2, -0.15) is 0 Å². The molecular formula is C35H58N4O8. The third-order valence-electron chi connectivity index (χ3n) is 9.75. The number of esters is 1. The average molecular weight is 663 g/mol. The first-order chi connectivity index (χ1) is 22.0. The summed E-state index contributed by atoms with van der Waals surface area (Å²) in [7, 11) is 7.46. The van der Waals surface area contributed by atoms with E-state index in [-0.39, 0.29) is 42.9 Å². The maximum absolute atomic E-state index is 14.3. The lowest BCUT2D eigenvalue weighted by Gasteiger charge is -2.47. The van der Waals surface area contributed by atoms with Crippen LogP contribution in [0.5, 0.6) is 0 Å². The Morgan fingerprint density at radius 1 is 1.13 bits per heavy atom. The molecule has 0 aliphatic carbocycles. The molecule has 0 saturated carbocycles. The van der Waals surface area contributed by atoms with Gasteiger partial charge in [0.05, 0.1) is 29.9 Å². The summed E-state index contributed by atoms with van der Waals surface area (Å²) in [4.78, 5) is 51.0. The van der Waals surface area contributed by atoms with Gasteiger partial charge in [-0.05, 0) is 92.7 Å². The predicted octanol–water partition coefficient (Wildman–Crippen LogP) is 2.88. The van der Waals surface area contributed by atoms with Crippen molar-refractivity contribution in [3.05, 3.63) is 30.1 Å². The Bertz CT molecular complexity index is 1180. The van der Waals surface area contributed by atoms with Crippen molar-refractivity contribution in [2.24, 2.45) is 17.3 Å². The Kier molecular flexibility index (Phi) is 13.9. The molecule has 8 atom stereocenters. The number of hydrogen-bond donors (Lipinski definition) is 1. The van der Waals surface area contributed by atoms with Crippen LogP contribution in [0.25, 0.3) is 0 Å². The third-order valence-corrected chi connectivity index (χ3v) is 9.75. The zero-order valence-corrected chi connectivity index (χ0v) is 30.1. The molecule has 0 unspecified atom stereocenters. The largest absolute Gasteiger partial charge is 0.463 e. The van der Waals surface area contributed by atoms with Gasteiger partial charge in [-0.3, -0.25) is 19.4 Å². The zero-order chi connectivity index (χ0) is 35.1. The monoisotopic (exact) mass is 662 g/mol. The molecule has 2 aliphatic heterocycles. The van der Waals surface area contributed by atoms with E-state index in [9.17, 15) is 19.5 Å². The molecule has 3 heterocycles. The Morgan fingerprint density at radius 2 is 1.83 bits per heavy atom. The van der Waals surface area contributed by atoms with E-state index in [1.165, 1.54) is 6.20 Å². The van der Waals surface area contributed by atoms with E-state index in [0.29, 0.717) is 31.4 Å². The van der Waals surface area contributed by atoms with Crippen molar-refractivity contribution in [3.8, 4) is 0 Å². The lowest BCUT2D eigenvalue weighted by Crippen LogP contribution is -2.59. The summed E-state index contributed by atoms with van der Waals surface area (Å²) < 4.78 is 24.6. The number of pyridine rings is 1. The highest BCUT2D eigenvalue weighted by molar-refractivity contribution is 6.04. The van der Waals surface area contributed by atoms with Crippen LogP contribution >= 0.6 is 0 Å². The molecule has 3 rings (SSSR count). The molecule has 2 aliphatic rings. The molecule has 12 heteroatoms. The molecule has 0 aromatic carbocycles. The van der Waals surface area contributed by atoms with Crippen LogP contribution in [-0.2, 0) is 28.5 Å². The number of ketones is 1. The zero-order valence-electron chi connectivity index (χ0n) is 30.1. The number of carbonyl (C=O) groups excluding carboxylic acids is 3. The van der Waals surface area contributed by atoms with E-state index in [1.807, 2.05) is 39.9 Å².